The predicted molar refractivity (Wildman–Crippen MR) is 114 cm³/mol. The number of para-hydroxylation sites is 2. The van der Waals surface area contributed by atoms with E-state index in [0.29, 0.717) is 11.1 Å². The van der Waals surface area contributed by atoms with Gasteiger partial charge in [-0.15, -0.1) is 17.0 Å². The summed E-state index contributed by atoms with van der Waals surface area (Å²) in [5.74, 6) is 1.32. The summed E-state index contributed by atoms with van der Waals surface area (Å²) >= 11 is 1.59. The van der Waals surface area contributed by atoms with Crippen LogP contribution in [0.2, 0.25) is 0 Å². The third kappa shape index (κ3) is 3.54. The molecule has 1 aromatic heterocycles. The fourth-order valence-corrected chi connectivity index (χ4v) is 3.79. The Morgan fingerprint density at radius 1 is 1.15 bits per heavy atom. The quantitative estimate of drug-likeness (QED) is 0.690. The van der Waals surface area contributed by atoms with Crippen molar-refractivity contribution in [1.29, 1.82) is 0 Å². The molecular weight excluding hydrogens is 412 g/mol. The van der Waals surface area contributed by atoms with Crippen LogP contribution >= 0.6 is 28.7 Å². The van der Waals surface area contributed by atoms with E-state index in [9.17, 15) is 4.79 Å². The molecule has 0 unspecified atom stereocenters. The summed E-state index contributed by atoms with van der Waals surface area (Å²) in [6, 6.07) is 15.4. The molecule has 26 heavy (non-hydrogen) atoms. The minimum Gasteiger partial charge on any atom is -0.363 e. The molecule has 0 saturated carbocycles. The lowest BCUT2D eigenvalue weighted by molar-refractivity contribution is 0.878. The Balaban J connectivity index is 0.00000196. The molecular formula is C19H19BrN4OS. The number of nitrogens with one attached hydrogen (secondary N) is 1. The maximum atomic E-state index is 13.2. The SMILES string of the molecule is Br.Cc1ccccc1-n1c(CSC2=NCCN2)nc2ccccc2c1=O. The van der Waals surface area contributed by atoms with E-state index in [-0.39, 0.29) is 22.5 Å². The van der Waals surface area contributed by atoms with Crippen molar-refractivity contribution < 1.29 is 0 Å². The van der Waals surface area contributed by atoms with Crippen LogP contribution in [0.15, 0.2) is 58.3 Å². The zero-order chi connectivity index (χ0) is 17.2. The summed E-state index contributed by atoms with van der Waals surface area (Å²) < 4.78 is 1.74. The van der Waals surface area contributed by atoms with Gasteiger partial charge in [0.15, 0.2) is 5.17 Å². The molecule has 0 aliphatic carbocycles. The maximum absolute atomic E-state index is 13.2. The van der Waals surface area contributed by atoms with Gasteiger partial charge in [0.05, 0.1) is 28.9 Å². The lowest BCUT2D eigenvalue weighted by Crippen LogP contribution is -2.25. The fourth-order valence-electron chi connectivity index (χ4n) is 2.94. The molecule has 2 aromatic carbocycles. The average Bonchev–Trinajstić information content (AvgIpc) is 3.15. The number of fused-ring (bicyclic) bond motifs is 1. The molecule has 1 N–H and O–H groups in total. The molecule has 4 rings (SSSR count). The average molecular weight is 431 g/mol. The number of thioether (sulfide) groups is 1. The molecule has 0 bridgehead atoms. The van der Waals surface area contributed by atoms with Crippen LogP contribution in [-0.2, 0) is 5.75 Å². The van der Waals surface area contributed by atoms with Crippen LogP contribution in [-0.4, -0.2) is 27.8 Å². The highest BCUT2D eigenvalue weighted by Crippen LogP contribution is 2.20. The highest BCUT2D eigenvalue weighted by molar-refractivity contribution is 8.93. The summed E-state index contributed by atoms with van der Waals surface area (Å²) in [5.41, 5.74) is 2.62. The Kier molecular flexibility index (Phi) is 5.78. The highest BCUT2D eigenvalue weighted by Gasteiger charge is 2.15. The van der Waals surface area contributed by atoms with Gasteiger partial charge in [-0.05, 0) is 30.7 Å². The topological polar surface area (TPSA) is 59.3 Å². The molecule has 1 aliphatic rings. The molecule has 0 saturated heterocycles. The molecule has 3 aromatic rings. The van der Waals surface area contributed by atoms with Crippen LogP contribution in [0.1, 0.15) is 11.4 Å². The van der Waals surface area contributed by atoms with E-state index in [2.05, 4.69) is 10.3 Å². The smallest absolute Gasteiger partial charge is 0.265 e. The van der Waals surface area contributed by atoms with Crippen LogP contribution in [0.25, 0.3) is 16.6 Å². The fraction of sp³-hybridized carbons (Fsp3) is 0.211. The molecule has 0 spiro atoms. The van der Waals surface area contributed by atoms with E-state index in [4.69, 9.17) is 4.98 Å². The Morgan fingerprint density at radius 2 is 1.92 bits per heavy atom. The van der Waals surface area contributed by atoms with Gasteiger partial charge < -0.3 is 5.32 Å². The third-order valence-electron chi connectivity index (χ3n) is 4.18. The lowest BCUT2D eigenvalue weighted by atomic mass is 10.2. The van der Waals surface area contributed by atoms with Gasteiger partial charge in [0, 0.05) is 6.54 Å². The minimum atomic E-state index is -0.0307. The van der Waals surface area contributed by atoms with E-state index in [1.54, 1.807) is 16.3 Å². The van der Waals surface area contributed by atoms with E-state index in [1.165, 1.54) is 0 Å². The monoisotopic (exact) mass is 430 g/mol. The van der Waals surface area contributed by atoms with Gasteiger partial charge in [-0.25, -0.2) is 4.98 Å². The first-order valence-corrected chi connectivity index (χ1v) is 9.20. The normalized spacial score (nSPS) is 13.2. The standard InChI is InChI=1S/C19H18N4OS.BrH/c1-13-6-2-5-9-16(13)23-17(12-25-19-20-10-11-21-19)22-15-8-4-3-7-14(15)18(23)24;/h2-9H,10-12H2,1H3,(H,20,21);1H. The summed E-state index contributed by atoms with van der Waals surface area (Å²) in [6.45, 7) is 3.69. The summed E-state index contributed by atoms with van der Waals surface area (Å²) in [7, 11) is 0. The van der Waals surface area contributed by atoms with Crippen LogP contribution in [0.4, 0.5) is 0 Å². The lowest BCUT2D eigenvalue weighted by Gasteiger charge is -2.15. The van der Waals surface area contributed by atoms with Crippen molar-refractivity contribution in [3.05, 3.63) is 70.3 Å². The number of aliphatic imine (C=N–C) groups is 1. The molecule has 7 heteroatoms. The number of nitrogens with zero attached hydrogens (tertiary/aromatic N) is 3. The van der Waals surface area contributed by atoms with Crippen molar-refractivity contribution in [1.82, 2.24) is 14.9 Å². The summed E-state index contributed by atoms with van der Waals surface area (Å²) in [4.78, 5) is 22.3. The molecule has 0 fully saturated rings. The Hall–Kier alpha value is -2.12. The number of aromatic nitrogens is 2. The zero-order valence-corrected chi connectivity index (χ0v) is 16.8. The maximum Gasteiger partial charge on any atom is 0.265 e. The molecule has 2 heterocycles. The summed E-state index contributed by atoms with van der Waals surface area (Å²) in [6.07, 6.45) is 0. The predicted octanol–water partition coefficient (Wildman–Crippen LogP) is 3.46. The molecule has 5 nitrogen and oxygen atoms in total. The second kappa shape index (κ2) is 8.05. The van der Waals surface area contributed by atoms with Gasteiger partial charge in [-0.1, -0.05) is 42.1 Å². The second-order valence-electron chi connectivity index (χ2n) is 5.87. The number of hydrogen-bond donors (Lipinski definition) is 1. The molecule has 0 amide bonds. The second-order valence-corrected chi connectivity index (χ2v) is 6.84. The molecule has 0 radical (unpaired) electrons. The highest BCUT2D eigenvalue weighted by atomic mass is 79.9. The van der Waals surface area contributed by atoms with E-state index in [0.717, 1.165) is 40.8 Å². The Labute approximate surface area is 166 Å². The molecule has 1 aliphatic heterocycles. The van der Waals surface area contributed by atoms with Crippen LogP contribution in [0.3, 0.4) is 0 Å². The Bertz CT molecular complexity index is 1030. The van der Waals surface area contributed by atoms with Crippen molar-refractivity contribution >= 4 is 44.8 Å². The van der Waals surface area contributed by atoms with Gasteiger partial charge >= 0.3 is 0 Å². The third-order valence-corrected chi connectivity index (χ3v) is 5.13. The van der Waals surface area contributed by atoms with Crippen LogP contribution in [0, 0.1) is 6.92 Å². The first-order valence-electron chi connectivity index (χ1n) is 8.22. The van der Waals surface area contributed by atoms with Crippen molar-refractivity contribution in [2.45, 2.75) is 12.7 Å². The van der Waals surface area contributed by atoms with Gasteiger partial charge in [0.2, 0.25) is 0 Å². The van der Waals surface area contributed by atoms with Crippen molar-refractivity contribution in [2.75, 3.05) is 13.1 Å². The molecule has 0 atom stereocenters. The van der Waals surface area contributed by atoms with Crippen molar-refractivity contribution in [3.8, 4) is 5.69 Å². The number of aryl methyl sites for hydroxylation is 1. The van der Waals surface area contributed by atoms with Gasteiger partial charge in [-0.3, -0.25) is 14.4 Å². The first-order chi connectivity index (χ1) is 12.2. The van der Waals surface area contributed by atoms with Gasteiger partial charge in [0.1, 0.15) is 5.82 Å². The molecule has 134 valence electrons. The van der Waals surface area contributed by atoms with E-state index < -0.39 is 0 Å². The summed E-state index contributed by atoms with van der Waals surface area (Å²) in [5, 5.41) is 4.80. The number of amidine groups is 1. The van der Waals surface area contributed by atoms with E-state index >= 15 is 0 Å². The first kappa shape index (κ1) is 18.7. The largest absolute Gasteiger partial charge is 0.363 e. The zero-order valence-electron chi connectivity index (χ0n) is 14.3. The number of rotatable bonds is 3. The van der Waals surface area contributed by atoms with Crippen LogP contribution in [0.5, 0.6) is 0 Å². The Morgan fingerprint density at radius 3 is 2.69 bits per heavy atom. The van der Waals surface area contributed by atoms with Crippen molar-refractivity contribution in [2.24, 2.45) is 4.99 Å². The van der Waals surface area contributed by atoms with Gasteiger partial charge in [-0.2, -0.15) is 0 Å². The number of halogens is 1. The van der Waals surface area contributed by atoms with Gasteiger partial charge in [0.25, 0.3) is 5.56 Å². The van der Waals surface area contributed by atoms with Crippen molar-refractivity contribution in [3.63, 3.8) is 0 Å². The number of hydrogen-bond acceptors (Lipinski definition) is 5. The van der Waals surface area contributed by atoms with E-state index in [1.807, 2.05) is 55.5 Å². The van der Waals surface area contributed by atoms with Crippen LogP contribution < -0.4 is 10.9 Å². The number of benzene rings is 2. The minimum absolute atomic E-state index is 0.